The smallest absolute Gasteiger partial charge is 0.134 e. The summed E-state index contributed by atoms with van der Waals surface area (Å²) in [6, 6.07) is 20.3. The Labute approximate surface area is 146 Å². The van der Waals surface area contributed by atoms with Crippen LogP contribution in [0.5, 0.6) is 0 Å². The van der Waals surface area contributed by atoms with Crippen LogP contribution in [-0.4, -0.2) is 4.98 Å². The molecular formula is C18H11IN2S. The first-order chi connectivity index (χ1) is 10.8. The van der Waals surface area contributed by atoms with Crippen LogP contribution in [0.3, 0.4) is 0 Å². The molecule has 4 heteroatoms. The molecule has 0 radical (unpaired) electrons. The lowest BCUT2D eigenvalue weighted by atomic mass is 10.1. The highest BCUT2D eigenvalue weighted by molar-refractivity contribution is 14.1. The number of hydrogen-bond donors (Lipinski definition) is 0. The van der Waals surface area contributed by atoms with Crippen molar-refractivity contribution < 1.29 is 0 Å². The van der Waals surface area contributed by atoms with Gasteiger partial charge in [-0.3, -0.25) is 0 Å². The van der Waals surface area contributed by atoms with Crippen molar-refractivity contribution in [1.82, 2.24) is 4.98 Å². The lowest BCUT2D eigenvalue weighted by Crippen LogP contribution is -1.84. The summed E-state index contributed by atoms with van der Waals surface area (Å²) in [6.45, 7) is 0. The monoisotopic (exact) mass is 414 g/mol. The maximum atomic E-state index is 9.46. The van der Waals surface area contributed by atoms with Crippen molar-refractivity contribution in [2.75, 3.05) is 0 Å². The van der Waals surface area contributed by atoms with Crippen LogP contribution in [0.1, 0.15) is 10.6 Å². The number of aromatic nitrogens is 1. The minimum atomic E-state index is 0.594. The van der Waals surface area contributed by atoms with Gasteiger partial charge in [0.05, 0.1) is 11.3 Å². The first kappa shape index (κ1) is 14.9. The Morgan fingerprint density at radius 2 is 1.82 bits per heavy atom. The third-order valence-corrected chi connectivity index (χ3v) is 4.99. The molecular weight excluding hydrogens is 403 g/mol. The number of benzene rings is 2. The fraction of sp³-hybridized carbons (Fsp3) is 0. The van der Waals surface area contributed by atoms with Gasteiger partial charge in [-0.2, -0.15) is 5.26 Å². The molecule has 0 amide bonds. The molecule has 1 aromatic heterocycles. The van der Waals surface area contributed by atoms with Crippen LogP contribution in [0.4, 0.5) is 0 Å². The zero-order valence-electron chi connectivity index (χ0n) is 11.5. The summed E-state index contributed by atoms with van der Waals surface area (Å²) < 4.78 is 1.12. The Morgan fingerprint density at radius 1 is 1.09 bits per heavy atom. The van der Waals surface area contributed by atoms with E-state index in [9.17, 15) is 5.26 Å². The Kier molecular flexibility index (Phi) is 4.66. The summed E-state index contributed by atoms with van der Waals surface area (Å²) in [5.41, 5.74) is 3.61. The summed E-state index contributed by atoms with van der Waals surface area (Å²) in [4.78, 5) is 4.60. The largest absolute Gasteiger partial charge is 0.235 e. The first-order valence-electron chi connectivity index (χ1n) is 6.65. The van der Waals surface area contributed by atoms with Gasteiger partial charge in [-0.15, -0.1) is 11.3 Å². The van der Waals surface area contributed by atoms with Crippen molar-refractivity contribution in [3.63, 3.8) is 0 Å². The number of nitriles is 1. The van der Waals surface area contributed by atoms with Crippen LogP contribution in [0.25, 0.3) is 22.9 Å². The van der Waals surface area contributed by atoms with E-state index in [2.05, 4.69) is 33.6 Å². The third kappa shape index (κ3) is 3.26. The average molecular weight is 414 g/mol. The van der Waals surface area contributed by atoms with Gasteiger partial charge in [0, 0.05) is 14.5 Å². The minimum absolute atomic E-state index is 0.594. The molecule has 106 valence electrons. The molecule has 0 atom stereocenters. The molecule has 0 N–H and O–H groups in total. The van der Waals surface area contributed by atoms with Crippen molar-refractivity contribution in [1.29, 1.82) is 5.26 Å². The van der Waals surface area contributed by atoms with Gasteiger partial charge >= 0.3 is 0 Å². The fourth-order valence-electron chi connectivity index (χ4n) is 2.03. The van der Waals surface area contributed by atoms with Gasteiger partial charge in [0.15, 0.2) is 0 Å². The summed E-state index contributed by atoms with van der Waals surface area (Å²) in [7, 11) is 0. The Bertz CT molecular complexity index is 860. The Morgan fingerprint density at radius 3 is 2.55 bits per heavy atom. The van der Waals surface area contributed by atoms with Crippen LogP contribution in [0.2, 0.25) is 0 Å². The average Bonchev–Trinajstić information content (AvgIpc) is 3.05. The summed E-state index contributed by atoms with van der Waals surface area (Å²) in [5.74, 6) is 0. The van der Waals surface area contributed by atoms with Crippen LogP contribution < -0.4 is 0 Å². The van der Waals surface area contributed by atoms with Gasteiger partial charge in [0.1, 0.15) is 11.1 Å². The van der Waals surface area contributed by atoms with E-state index < -0.39 is 0 Å². The van der Waals surface area contributed by atoms with Gasteiger partial charge < -0.3 is 0 Å². The zero-order valence-corrected chi connectivity index (χ0v) is 14.5. The molecule has 1 heterocycles. The molecule has 3 rings (SSSR count). The molecule has 0 aliphatic rings. The molecule has 0 aliphatic heterocycles. The summed E-state index contributed by atoms with van der Waals surface area (Å²) in [6.07, 6.45) is 1.90. The van der Waals surface area contributed by atoms with Gasteiger partial charge in [0.2, 0.25) is 0 Å². The molecule has 0 aliphatic carbocycles. The van der Waals surface area contributed by atoms with Crippen molar-refractivity contribution in [2.45, 2.75) is 0 Å². The third-order valence-electron chi connectivity index (χ3n) is 3.13. The SMILES string of the molecule is N#CC(=Cc1ccccc1I)c1nc(-c2ccccc2)cs1. The molecule has 0 spiro atoms. The lowest BCUT2D eigenvalue weighted by molar-refractivity contribution is 1.37. The standard InChI is InChI=1S/C18H11IN2S/c19-16-9-5-4-8-14(16)10-15(11-20)18-21-17(12-22-18)13-6-2-1-3-7-13/h1-10,12H. The van der Waals surface area contributed by atoms with Crippen LogP contribution in [0, 0.1) is 14.9 Å². The van der Waals surface area contributed by atoms with Gasteiger partial charge in [-0.05, 0) is 40.3 Å². The predicted molar refractivity (Wildman–Crippen MR) is 100 cm³/mol. The highest BCUT2D eigenvalue weighted by atomic mass is 127. The van der Waals surface area contributed by atoms with Gasteiger partial charge in [-0.1, -0.05) is 48.5 Å². The van der Waals surface area contributed by atoms with E-state index in [4.69, 9.17) is 0 Å². The van der Waals surface area contributed by atoms with Crippen LogP contribution in [-0.2, 0) is 0 Å². The number of halogens is 1. The fourth-order valence-corrected chi connectivity index (χ4v) is 3.37. The maximum Gasteiger partial charge on any atom is 0.134 e. The number of rotatable bonds is 3. The van der Waals surface area contributed by atoms with Crippen LogP contribution in [0.15, 0.2) is 60.0 Å². The molecule has 2 nitrogen and oxygen atoms in total. The maximum absolute atomic E-state index is 9.46. The predicted octanol–water partition coefficient (Wildman–Crippen LogP) is 5.48. The molecule has 0 fully saturated rings. The van der Waals surface area contributed by atoms with E-state index in [1.807, 2.05) is 66.1 Å². The van der Waals surface area contributed by atoms with Crippen molar-refractivity contribution >= 4 is 45.6 Å². The first-order valence-corrected chi connectivity index (χ1v) is 8.61. The second kappa shape index (κ2) is 6.86. The normalized spacial score (nSPS) is 11.2. The molecule has 0 saturated heterocycles. The zero-order chi connectivity index (χ0) is 15.4. The van der Waals surface area contributed by atoms with Crippen molar-refractivity contribution in [2.24, 2.45) is 0 Å². The molecule has 0 bridgehead atoms. The van der Waals surface area contributed by atoms with Crippen molar-refractivity contribution in [3.05, 3.63) is 74.1 Å². The van der Waals surface area contributed by atoms with E-state index in [0.717, 1.165) is 25.4 Å². The summed E-state index contributed by atoms with van der Waals surface area (Å²) >= 11 is 3.77. The minimum Gasteiger partial charge on any atom is -0.235 e. The van der Waals surface area contributed by atoms with E-state index in [1.54, 1.807) is 0 Å². The van der Waals surface area contributed by atoms with Crippen LogP contribution >= 0.6 is 33.9 Å². The van der Waals surface area contributed by atoms with Gasteiger partial charge in [-0.25, -0.2) is 4.98 Å². The topological polar surface area (TPSA) is 36.7 Å². The van der Waals surface area contributed by atoms with E-state index >= 15 is 0 Å². The Balaban J connectivity index is 1.98. The molecule has 0 saturated carbocycles. The number of allylic oxidation sites excluding steroid dienone is 1. The quantitative estimate of drug-likeness (QED) is 0.421. The Hall–Kier alpha value is -1.97. The molecule has 2 aromatic carbocycles. The lowest BCUT2D eigenvalue weighted by Gasteiger charge is -1.99. The molecule has 3 aromatic rings. The number of hydrogen-bond acceptors (Lipinski definition) is 3. The van der Waals surface area contributed by atoms with E-state index in [-0.39, 0.29) is 0 Å². The van der Waals surface area contributed by atoms with Crippen molar-refractivity contribution in [3.8, 4) is 17.3 Å². The second-order valence-electron chi connectivity index (χ2n) is 4.60. The number of nitrogens with zero attached hydrogens (tertiary/aromatic N) is 2. The second-order valence-corrected chi connectivity index (χ2v) is 6.62. The highest BCUT2D eigenvalue weighted by Crippen LogP contribution is 2.27. The summed E-state index contributed by atoms with van der Waals surface area (Å²) in [5, 5.41) is 12.2. The number of thiazole rings is 1. The van der Waals surface area contributed by atoms with E-state index in [1.165, 1.54) is 11.3 Å². The van der Waals surface area contributed by atoms with Gasteiger partial charge in [0.25, 0.3) is 0 Å². The molecule has 22 heavy (non-hydrogen) atoms. The van der Waals surface area contributed by atoms with E-state index in [0.29, 0.717) is 5.57 Å². The highest BCUT2D eigenvalue weighted by Gasteiger charge is 2.09. The molecule has 0 unspecified atom stereocenters.